The summed E-state index contributed by atoms with van der Waals surface area (Å²) < 4.78 is 4.63. The van der Waals surface area contributed by atoms with E-state index in [1.807, 2.05) is 0 Å². The second-order valence-corrected chi connectivity index (χ2v) is 2.11. The molecule has 0 aliphatic heterocycles. The zero-order valence-electron chi connectivity index (χ0n) is 6.11. The van der Waals surface area contributed by atoms with Crippen molar-refractivity contribution in [2.24, 2.45) is 0 Å². The summed E-state index contributed by atoms with van der Waals surface area (Å²) in [5.74, 6) is -2.09. The highest BCUT2D eigenvalue weighted by molar-refractivity contribution is 5.68. The third kappa shape index (κ3) is 6.79. The van der Waals surface area contributed by atoms with E-state index in [-0.39, 0.29) is 6.42 Å². The maximum absolute atomic E-state index is 10.0. The van der Waals surface area contributed by atoms with E-state index in [0.29, 0.717) is 0 Å². The zero-order valence-corrected chi connectivity index (χ0v) is 6.11. The van der Waals surface area contributed by atoms with Crippen LogP contribution in [0.1, 0.15) is 13.3 Å². The van der Waals surface area contributed by atoms with Crippen LogP contribution in [0.4, 0.5) is 0 Å². The van der Waals surface area contributed by atoms with Crippen molar-refractivity contribution >= 4 is 11.9 Å². The first-order chi connectivity index (χ1) is 5.02. The Bertz CT molecular complexity index is 153. The number of ether oxygens (including phenoxy) is 1. The van der Waals surface area contributed by atoms with Gasteiger partial charge in [0.25, 0.3) is 0 Å². The Labute approximate surface area is 63.6 Å². The van der Waals surface area contributed by atoms with Gasteiger partial charge in [0.05, 0.1) is 12.5 Å². The summed E-state index contributed by atoms with van der Waals surface area (Å²) in [5.41, 5.74) is 0. The predicted molar refractivity (Wildman–Crippen MR) is 35.3 cm³/mol. The topological polar surface area (TPSA) is 83.8 Å². The van der Waals surface area contributed by atoms with Crippen LogP contribution in [0.5, 0.6) is 0 Å². The van der Waals surface area contributed by atoms with Crippen LogP contribution in [-0.4, -0.2) is 34.9 Å². The van der Waals surface area contributed by atoms with Crippen molar-refractivity contribution in [1.29, 1.82) is 0 Å². The molecule has 0 bridgehead atoms. The Morgan fingerprint density at radius 2 is 1.91 bits per heavy atom. The van der Waals surface area contributed by atoms with E-state index in [9.17, 15) is 9.59 Å². The number of rotatable bonds is 5. The van der Waals surface area contributed by atoms with Crippen molar-refractivity contribution in [3.8, 4) is 0 Å². The molecular weight excluding hydrogens is 152 g/mol. The Balaban J connectivity index is 3.44. The van der Waals surface area contributed by atoms with Gasteiger partial charge in [0, 0.05) is 0 Å². The molecule has 0 saturated heterocycles. The molecule has 0 aromatic rings. The Hall–Kier alpha value is -1.10. The van der Waals surface area contributed by atoms with Gasteiger partial charge in [-0.3, -0.25) is 4.79 Å². The lowest BCUT2D eigenvalue weighted by Gasteiger charge is -2.07. The highest BCUT2D eigenvalue weighted by Crippen LogP contribution is 1.96. The summed E-state index contributed by atoms with van der Waals surface area (Å²) >= 11 is 0. The smallest absolute Gasteiger partial charge is 0.329 e. The summed E-state index contributed by atoms with van der Waals surface area (Å²) in [6, 6.07) is 0. The first-order valence-corrected chi connectivity index (χ1v) is 3.07. The minimum absolute atomic E-state index is 0.173. The van der Waals surface area contributed by atoms with E-state index in [1.54, 1.807) is 0 Å². The largest absolute Gasteiger partial charge is 0.481 e. The van der Waals surface area contributed by atoms with Gasteiger partial charge < -0.3 is 14.9 Å². The second kappa shape index (κ2) is 4.68. The molecule has 1 atom stereocenters. The van der Waals surface area contributed by atoms with Crippen LogP contribution in [0.3, 0.4) is 0 Å². The van der Waals surface area contributed by atoms with Gasteiger partial charge in [-0.2, -0.15) is 0 Å². The molecule has 0 radical (unpaired) electrons. The van der Waals surface area contributed by atoms with E-state index in [2.05, 4.69) is 4.74 Å². The molecular formula is C6H10O5. The van der Waals surface area contributed by atoms with E-state index in [4.69, 9.17) is 10.2 Å². The maximum atomic E-state index is 10.0. The fourth-order valence-electron chi connectivity index (χ4n) is 0.518. The molecule has 0 fully saturated rings. The fraction of sp³-hybridized carbons (Fsp3) is 0.667. The zero-order chi connectivity index (χ0) is 8.85. The van der Waals surface area contributed by atoms with Crippen LogP contribution in [-0.2, 0) is 14.3 Å². The quantitative estimate of drug-likeness (QED) is 0.592. The van der Waals surface area contributed by atoms with Crippen LogP contribution < -0.4 is 0 Å². The van der Waals surface area contributed by atoms with E-state index >= 15 is 0 Å². The number of carboxylic acid groups (broad SMARTS) is 2. The first-order valence-electron chi connectivity index (χ1n) is 3.07. The van der Waals surface area contributed by atoms with Gasteiger partial charge in [-0.05, 0) is 6.92 Å². The van der Waals surface area contributed by atoms with Gasteiger partial charge in [-0.25, -0.2) is 4.79 Å². The Morgan fingerprint density at radius 1 is 1.36 bits per heavy atom. The summed E-state index contributed by atoms with van der Waals surface area (Å²) in [5, 5.41) is 16.3. The molecule has 0 spiro atoms. The van der Waals surface area contributed by atoms with Crippen molar-refractivity contribution in [1.82, 2.24) is 0 Å². The molecule has 5 heteroatoms. The predicted octanol–water partition coefficient (Wildman–Crippen LogP) is -0.0492. The van der Waals surface area contributed by atoms with Crippen molar-refractivity contribution in [2.75, 3.05) is 6.61 Å². The van der Waals surface area contributed by atoms with E-state index in [1.165, 1.54) is 6.92 Å². The molecule has 0 rings (SSSR count). The molecule has 0 saturated carbocycles. The maximum Gasteiger partial charge on any atom is 0.329 e. The van der Waals surface area contributed by atoms with Gasteiger partial charge in [0.2, 0.25) is 0 Å². The molecule has 2 N–H and O–H groups in total. The molecule has 0 amide bonds. The van der Waals surface area contributed by atoms with Crippen LogP contribution in [0, 0.1) is 0 Å². The SMILES string of the molecule is CC(CC(=O)O)OCC(=O)O. The summed E-state index contributed by atoms with van der Waals surface area (Å²) in [6.45, 7) is 1.06. The lowest BCUT2D eigenvalue weighted by molar-refractivity contribution is -0.148. The molecule has 0 aromatic heterocycles. The van der Waals surface area contributed by atoms with Gasteiger partial charge >= 0.3 is 11.9 Å². The number of carboxylic acids is 2. The van der Waals surface area contributed by atoms with E-state index < -0.39 is 24.6 Å². The molecule has 0 heterocycles. The van der Waals surface area contributed by atoms with Crippen LogP contribution in [0.15, 0.2) is 0 Å². The fourth-order valence-corrected chi connectivity index (χ4v) is 0.518. The number of hydrogen-bond acceptors (Lipinski definition) is 3. The third-order valence-corrected chi connectivity index (χ3v) is 0.953. The molecule has 64 valence electrons. The Morgan fingerprint density at radius 3 is 2.27 bits per heavy atom. The van der Waals surface area contributed by atoms with Crippen LogP contribution >= 0.6 is 0 Å². The Kier molecular flexibility index (Phi) is 4.21. The molecule has 11 heavy (non-hydrogen) atoms. The third-order valence-electron chi connectivity index (χ3n) is 0.953. The standard InChI is InChI=1S/C6H10O5/c1-4(2-5(7)8)11-3-6(9)10/h4H,2-3H2,1H3,(H,7,8)(H,9,10). The minimum Gasteiger partial charge on any atom is -0.481 e. The van der Waals surface area contributed by atoms with Gasteiger partial charge in [0.1, 0.15) is 6.61 Å². The molecule has 0 aliphatic carbocycles. The van der Waals surface area contributed by atoms with Crippen molar-refractivity contribution in [2.45, 2.75) is 19.4 Å². The van der Waals surface area contributed by atoms with Crippen molar-refractivity contribution in [3.63, 3.8) is 0 Å². The number of aliphatic carboxylic acids is 2. The molecule has 1 unspecified atom stereocenters. The molecule has 0 aromatic carbocycles. The monoisotopic (exact) mass is 162 g/mol. The first kappa shape index (κ1) is 9.90. The van der Waals surface area contributed by atoms with Crippen molar-refractivity contribution < 1.29 is 24.5 Å². The van der Waals surface area contributed by atoms with Crippen LogP contribution in [0.2, 0.25) is 0 Å². The van der Waals surface area contributed by atoms with E-state index in [0.717, 1.165) is 0 Å². The summed E-state index contributed by atoms with van der Waals surface area (Å²) in [6.07, 6.45) is -0.726. The average molecular weight is 162 g/mol. The lowest BCUT2D eigenvalue weighted by atomic mass is 10.3. The van der Waals surface area contributed by atoms with Crippen molar-refractivity contribution in [3.05, 3.63) is 0 Å². The highest BCUT2D eigenvalue weighted by Gasteiger charge is 2.08. The number of hydrogen-bond donors (Lipinski definition) is 2. The van der Waals surface area contributed by atoms with Gasteiger partial charge in [-0.1, -0.05) is 0 Å². The average Bonchev–Trinajstić information content (AvgIpc) is 1.82. The minimum atomic E-state index is -1.10. The number of carbonyl (C=O) groups is 2. The summed E-state index contributed by atoms with van der Waals surface area (Å²) in [7, 11) is 0. The summed E-state index contributed by atoms with van der Waals surface area (Å²) in [4.78, 5) is 19.9. The highest BCUT2D eigenvalue weighted by atomic mass is 16.5. The van der Waals surface area contributed by atoms with Gasteiger partial charge in [-0.15, -0.1) is 0 Å². The van der Waals surface area contributed by atoms with Gasteiger partial charge in [0.15, 0.2) is 0 Å². The van der Waals surface area contributed by atoms with Crippen LogP contribution in [0.25, 0.3) is 0 Å². The lowest BCUT2D eigenvalue weighted by Crippen LogP contribution is -2.18. The normalized spacial score (nSPS) is 12.5. The second-order valence-electron chi connectivity index (χ2n) is 2.11. The molecule has 5 nitrogen and oxygen atoms in total. The molecule has 0 aliphatic rings.